The van der Waals surface area contributed by atoms with Crippen molar-refractivity contribution in [2.75, 3.05) is 13.1 Å². The molecule has 0 bridgehead atoms. The summed E-state index contributed by atoms with van der Waals surface area (Å²) in [6, 6.07) is 10.0. The van der Waals surface area contributed by atoms with E-state index in [9.17, 15) is 0 Å². The van der Waals surface area contributed by atoms with Gasteiger partial charge in [0.2, 0.25) is 0 Å². The first-order valence-corrected chi connectivity index (χ1v) is 12.6. The highest BCUT2D eigenvalue weighted by Gasteiger charge is 2.23. The third-order valence-electron chi connectivity index (χ3n) is 6.42. The van der Waals surface area contributed by atoms with Gasteiger partial charge in [0.1, 0.15) is 5.82 Å². The van der Waals surface area contributed by atoms with Crippen LogP contribution in [0.3, 0.4) is 0 Å². The normalized spacial score (nSPS) is 23.9. The predicted molar refractivity (Wildman–Crippen MR) is 127 cm³/mol. The van der Waals surface area contributed by atoms with Gasteiger partial charge in [0.25, 0.3) is 0 Å². The molecule has 0 spiro atoms. The van der Waals surface area contributed by atoms with Gasteiger partial charge in [0.05, 0.1) is 22.8 Å². The number of nitrogens with zero attached hydrogens (tertiary/aromatic N) is 1. The Kier molecular flexibility index (Phi) is 4.96. The molecule has 3 aliphatic rings. The number of imidazole rings is 1. The average Bonchev–Trinajstić information content (AvgIpc) is 3.62. The molecule has 154 valence electrons. The van der Waals surface area contributed by atoms with Gasteiger partial charge >= 0.3 is 0 Å². The fraction of sp³-hybridized carbons (Fsp3) is 0.375. The Balaban J connectivity index is 1.16. The van der Waals surface area contributed by atoms with Crippen LogP contribution in [0.1, 0.15) is 48.8 Å². The molecule has 0 unspecified atom stereocenters. The van der Waals surface area contributed by atoms with Crippen molar-refractivity contribution in [2.45, 2.75) is 44.2 Å². The summed E-state index contributed by atoms with van der Waals surface area (Å²) in [7, 11) is 0. The summed E-state index contributed by atoms with van der Waals surface area (Å²) in [4.78, 5) is 13.5. The number of aromatic amines is 1. The van der Waals surface area contributed by atoms with E-state index in [1.165, 1.54) is 50.8 Å². The summed E-state index contributed by atoms with van der Waals surface area (Å²) in [5.41, 5.74) is 4.15. The minimum atomic E-state index is 0.385. The van der Waals surface area contributed by atoms with Gasteiger partial charge in [-0.3, -0.25) is 0 Å². The molecule has 3 aromatic heterocycles. The smallest absolute Gasteiger partial charge is 0.123 e. The molecule has 2 fully saturated rings. The molecule has 6 rings (SSSR count). The highest BCUT2D eigenvalue weighted by atomic mass is 32.1. The molecule has 2 aliphatic heterocycles. The van der Waals surface area contributed by atoms with E-state index in [1.807, 2.05) is 28.9 Å². The van der Waals surface area contributed by atoms with Crippen LogP contribution in [0.2, 0.25) is 0 Å². The van der Waals surface area contributed by atoms with Crippen molar-refractivity contribution in [1.29, 1.82) is 0 Å². The second-order valence-electron chi connectivity index (χ2n) is 8.42. The van der Waals surface area contributed by atoms with Gasteiger partial charge in [-0.25, -0.2) is 4.98 Å². The summed E-state index contributed by atoms with van der Waals surface area (Å²) in [5, 5.41) is 7.15. The second kappa shape index (κ2) is 7.93. The van der Waals surface area contributed by atoms with E-state index in [0.717, 1.165) is 31.0 Å². The fourth-order valence-electron chi connectivity index (χ4n) is 4.77. The quantitative estimate of drug-likeness (QED) is 0.479. The van der Waals surface area contributed by atoms with E-state index in [1.54, 1.807) is 5.57 Å². The highest BCUT2D eigenvalue weighted by Crippen LogP contribution is 2.41. The van der Waals surface area contributed by atoms with Crippen LogP contribution in [0.4, 0.5) is 0 Å². The lowest BCUT2D eigenvalue weighted by atomic mass is 10.0. The summed E-state index contributed by atoms with van der Waals surface area (Å²) in [5.74, 6) is 1.07. The number of H-pyrrole nitrogens is 1. The van der Waals surface area contributed by atoms with E-state index >= 15 is 0 Å². The number of hydrogen-bond donors (Lipinski definition) is 3. The molecule has 4 nitrogen and oxygen atoms in total. The lowest BCUT2D eigenvalue weighted by molar-refractivity contribution is 0.613. The van der Waals surface area contributed by atoms with E-state index in [2.05, 4.69) is 57.0 Å². The Labute approximate surface area is 185 Å². The van der Waals surface area contributed by atoms with Crippen molar-refractivity contribution in [3.8, 4) is 20.3 Å². The van der Waals surface area contributed by atoms with Crippen molar-refractivity contribution in [1.82, 2.24) is 20.6 Å². The van der Waals surface area contributed by atoms with Gasteiger partial charge < -0.3 is 15.6 Å². The summed E-state index contributed by atoms with van der Waals surface area (Å²) >= 11 is 3.76. The zero-order valence-electron chi connectivity index (χ0n) is 16.9. The highest BCUT2D eigenvalue weighted by molar-refractivity contribution is 7.24. The molecule has 1 aliphatic carbocycles. The number of allylic oxidation sites excluding steroid dienone is 3. The molecule has 6 heteroatoms. The SMILES string of the molecule is C1=C(c2ccc(-c3ccc(-c4cnc([C@@H]5CCCN5)[nH]4)s3)s2)CC([C@@H]2CCCN2)=C1. The van der Waals surface area contributed by atoms with Crippen LogP contribution >= 0.6 is 22.7 Å². The monoisotopic (exact) mass is 434 g/mol. The first-order chi connectivity index (χ1) is 14.8. The Morgan fingerprint density at radius 3 is 2.27 bits per heavy atom. The Hall–Kier alpha value is -1.99. The molecule has 2 atom stereocenters. The minimum absolute atomic E-state index is 0.385. The average molecular weight is 435 g/mol. The van der Waals surface area contributed by atoms with Crippen LogP contribution in [0.5, 0.6) is 0 Å². The van der Waals surface area contributed by atoms with Gasteiger partial charge in [0.15, 0.2) is 0 Å². The molecule has 0 amide bonds. The van der Waals surface area contributed by atoms with Crippen molar-refractivity contribution < 1.29 is 0 Å². The topological polar surface area (TPSA) is 52.7 Å². The van der Waals surface area contributed by atoms with Crippen molar-refractivity contribution in [3.63, 3.8) is 0 Å². The van der Waals surface area contributed by atoms with Crippen LogP contribution in [-0.2, 0) is 0 Å². The standard InChI is InChI=1S/C24H26N4S2/c1-3-17(25-11-1)15-5-6-16(13-15)20-7-9-22(29-20)23-10-8-21(30-23)19-14-27-24(28-19)18-4-2-12-26-18/h5-10,14,17-18,25-26H,1-4,11-13H2,(H,27,28)/t17-,18-/m0/s1. The summed E-state index contributed by atoms with van der Waals surface area (Å²) < 4.78 is 0. The van der Waals surface area contributed by atoms with Crippen LogP contribution < -0.4 is 10.6 Å². The van der Waals surface area contributed by atoms with E-state index in [-0.39, 0.29) is 0 Å². The van der Waals surface area contributed by atoms with E-state index in [0.29, 0.717) is 12.1 Å². The zero-order chi connectivity index (χ0) is 19.9. The third-order valence-corrected chi connectivity index (χ3v) is 8.90. The van der Waals surface area contributed by atoms with Crippen molar-refractivity contribution in [2.24, 2.45) is 0 Å². The summed E-state index contributed by atoms with van der Waals surface area (Å²) in [6.45, 7) is 2.26. The van der Waals surface area contributed by atoms with Gasteiger partial charge in [0, 0.05) is 20.7 Å². The molecular weight excluding hydrogens is 408 g/mol. The van der Waals surface area contributed by atoms with Crippen LogP contribution in [-0.4, -0.2) is 29.1 Å². The van der Waals surface area contributed by atoms with Crippen LogP contribution in [0.25, 0.3) is 25.9 Å². The number of hydrogen-bond acceptors (Lipinski definition) is 5. The van der Waals surface area contributed by atoms with E-state index in [4.69, 9.17) is 0 Å². The molecule has 2 saturated heterocycles. The number of nitrogens with one attached hydrogen (secondary N) is 3. The van der Waals surface area contributed by atoms with Crippen LogP contribution in [0, 0.1) is 0 Å². The molecule has 0 saturated carbocycles. The largest absolute Gasteiger partial charge is 0.340 e. The lowest BCUT2D eigenvalue weighted by Gasteiger charge is -2.12. The first-order valence-electron chi connectivity index (χ1n) is 11.0. The number of rotatable bonds is 5. The Morgan fingerprint density at radius 1 is 0.800 bits per heavy atom. The predicted octanol–water partition coefficient (Wildman–Crippen LogP) is 5.76. The van der Waals surface area contributed by atoms with Crippen LogP contribution in [0.15, 0.2) is 48.2 Å². The molecule has 30 heavy (non-hydrogen) atoms. The summed E-state index contributed by atoms with van der Waals surface area (Å²) in [6.07, 6.45) is 12.7. The molecular formula is C24H26N4S2. The van der Waals surface area contributed by atoms with Gasteiger partial charge in [-0.05, 0) is 80.6 Å². The second-order valence-corrected chi connectivity index (χ2v) is 10.6. The zero-order valence-corrected chi connectivity index (χ0v) is 18.5. The van der Waals surface area contributed by atoms with Gasteiger partial charge in [-0.15, -0.1) is 22.7 Å². The van der Waals surface area contributed by atoms with Crippen molar-refractivity contribution in [3.05, 3.63) is 58.9 Å². The molecule has 5 heterocycles. The van der Waals surface area contributed by atoms with Gasteiger partial charge in [-0.1, -0.05) is 12.2 Å². The lowest BCUT2D eigenvalue weighted by Crippen LogP contribution is -2.22. The number of aromatic nitrogens is 2. The maximum absolute atomic E-state index is 4.63. The molecule has 0 aromatic carbocycles. The fourth-order valence-corrected chi connectivity index (χ4v) is 6.86. The molecule has 0 radical (unpaired) electrons. The third kappa shape index (κ3) is 3.52. The Morgan fingerprint density at radius 2 is 1.50 bits per heavy atom. The van der Waals surface area contributed by atoms with E-state index < -0.39 is 0 Å². The number of thiophene rings is 2. The van der Waals surface area contributed by atoms with Crippen molar-refractivity contribution >= 4 is 28.2 Å². The van der Waals surface area contributed by atoms with Gasteiger partial charge in [-0.2, -0.15) is 0 Å². The first kappa shape index (κ1) is 18.8. The minimum Gasteiger partial charge on any atom is -0.340 e. The maximum Gasteiger partial charge on any atom is 0.123 e. The molecule has 3 aromatic rings. The maximum atomic E-state index is 4.63. The Bertz CT molecular complexity index is 1100. The molecule has 3 N–H and O–H groups in total.